The Hall–Kier alpha value is -0.500. The molecule has 0 unspecified atom stereocenters. The molecule has 2 saturated heterocycles. The van der Waals surface area contributed by atoms with Crippen LogP contribution in [-0.4, -0.2) is 12.9 Å². The predicted octanol–water partition coefficient (Wildman–Crippen LogP) is 1.28. The number of rotatable bonds is 0. The number of allylic oxidation sites excluding steroid dienone is 1. The normalized spacial score (nSPS) is 40.7. The van der Waals surface area contributed by atoms with Gasteiger partial charge in [0.05, 0.1) is 12.4 Å². The number of ether oxygens (including phenoxy) is 2. The summed E-state index contributed by atoms with van der Waals surface area (Å²) in [6, 6.07) is 0. The van der Waals surface area contributed by atoms with Gasteiger partial charge in [-0.05, 0) is 6.42 Å². The van der Waals surface area contributed by atoms with Gasteiger partial charge in [0.1, 0.15) is 0 Å². The fraction of sp³-hybridized carbons (Fsp3) is 0.714. The average Bonchev–Trinajstić information content (AvgIpc) is 2.22. The van der Waals surface area contributed by atoms with Gasteiger partial charge in [0.25, 0.3) is 0 Å². The van der Waals surface area contributed by atoms with Crippen LogP contribution >= 0.6 is 0 Å². The summed E-state index contributed by atoms with van der Waals surface area (Å²) in [6.45, 7) is 4.60. The Bertz CT molecular complexity index is 128. The van der Waals surface area contributed by atoms with E-state index in [1.54, 1.807) is 0 Å². The summed E-state index contributed by atoms with van der Waals surface area (Å²) in [5.74, 6) is 1.50. The average molecular weight is 126 g/mol. The second kappa shape index (κ2) is 1.74. The highest BCUT2D eigenvalue weighted by molar-refractivity contribution is 4.95. The smallest absolute Gasteiger partial charge is 0.202 e. The molecule has 2 aliphatic rings. The molecule has 0 bridgehead atoms. The third-order valence-electron chi connectivity index (χ3n) is 1.93. The van der Waals surface area contributed by atoms with Gasteiger partial charge in [0.15, 0.2) is 0 Å². The van der Waals surface area contributed by atoms with E-state index >= 15 is 0 Å². The molecule has 2 heteroatoms. The molecule has 2 rings (SSSR count). The van der Waals surface area contributed by atoms with Crippen LogP contribution in [0.2, 0.25) is 0 Å². The van der Waals surface area contributed by atoms with Crippen molar-refractivity contribution in [3.63, 3.8) is 0 Å². The Morgan fingerprint density at radius 2 is 2.44 bits per heavy atom. The quantitative estimate of drug-likeness (QED) is 0.486. The Balaban J connectivity index is 2.09. The molecule has 0 aliphatic carbocycles. The van der Waals surface area contributed by atoms with Crippen molar-refractivity contribution in [1.82, 2.24) is 0 Å². The predicted molar refractivity (Wildman–Crippen MR) is 32.7 cm³/mol. The van der Waals surface area contributed by atoms with Crippen molar-refractivity contribution in [2.45, 2.75) is 19.1 Å². The molecule has 0 aromatic rings. The molecular formula is C7H10O2. The largest absolute Gasteiger partial charge is 0.470 e. The summed E-state index contributed by atoms with van der Waals surface area (Å²) in [6.07, 6.45) is 2.20. The van der Waals surface area contributed by atoms with E-state index in [1.165, 1.54) is 0 Å². The lowest BCUT2D eigenvalue weighted by Crippen LogP contribution is -2.08. The zero-order valence-corrected chi connectivity index (χ0v) is 5.30. The maximum Gasteiger partial charge on any atom is 0.202 e. The van der Waals surface area contributed by atoms with Crippen molar-refractivity contribution in [1.29, 1.82) is 0 Å². The van der Waals surface area contributed by atoms with Crippen LogP contribution in [0.15, 0.2) is 12.3 Å². The van der Waals surface area contributed by atoms with Gasteiger partial charge in [0, 0.05) is 12.3 Å². The lowest BCUT2D eigenvalue weighted by molar-refractivity contribution is -0.0705. The van der Waals surface area contributed by atoms with Crippen LogP contribution in [0.1, 0.15) is 12.8 Å². The number of fused-ring (bicyclic) bond motifs is 1. The van der Waals surface area contributed by atoms with E-state index in [2.05, 4.69) is 6.58 Å². The van der Waals surface area contributed by atoms with Crippen molar-refractivity contribution in [3.05, 3.63) is 12.3 Å². The first-order valence-corrected chi connectivity index (χ1v) is 3.32. The minimum atomic E-state index is 0.0532. The molecule has 2 heterocycles. The Morgan fingerprint density at radius 1 is 1.56 bits per heavy atom. The molecule has 2 fully saturated rings. The topological polar surface area (TPSA) is 18.5 Å². The van der Waals surface area contributed by atoms with Crippen LogP contribution in [0.5, 0.6) is 0 Å². The van der Waals surface area contributed by atoms with Crippen LogP contribution in [0.25, 0.3) is 0 Å². The molecule has 50 valence electrons. The summed E-state index contributed by atoms with van der Waals surface area (Å²) in [4.78, 5) is 0. The molecule has 0 aromatic carbocycles. The maximum atomic E-state index is 5.27. The van der Waals surface area contributed by atoms with E-state index in [0.717, 1.165) is 25.2 Å². The molecule has 0 saturated carbocycles. The summed E-state index contributed by atoms with van der Waals surface area (Å²) >= 11 is 0. The zero-order chi connectivity index (χ0) is 6.27. The zero-order valence-electron chi connectivity index (χ0n) is 5.30. The second-order valence-electron chi connectivity index (χ2n) is 2.65. The highest BCUT2D eigenvalue weighted by atomic mass is 16.7. The first-order chi connectivity index (χ1) is 4.36. The van der Waals surface area contributed by atoms with Crippen LogP contribution in [0, 0.1) is 5.92 Å². The fourth-order valence-electron chi connectivity index (χ4n) is 1.44. The van der Waals surface area contributed by atoms with Gasteiger partial charge in [-0.3, -0.25) is 0 Å². The standard InChI is InChI=1S/C7H10O2/c1-5-4-6-2-3-8-7(6)9-5/h6-7H,1-4H2/t6-,7+/m1/s1. The van der Waals surface area contributed by atoms with E-state index in [4.69, 9.17) is 9.47 Å². The van der Waals surface area contributed by atoms with E-state index in [-0.39, 0.29) is 6.29 Å². The summed E-state index contributed by atoms with van der Waals surface area (Å²) in [5, 5.41) is 0. The van der Waals surface area contributed by atoms with Crippen LogP contribution in [0.4, 0.5) is 0 Å². The third-order valence-corrected chi connectivity index (χ3v) is 1.93. The maximum absolute atomic E-state index is 5.27. The minimum absolute atomic E-state index is 0.0532. The molecular weight excluding hydrogens is 116 g/mol. The molecule has 2 aliphatic heterocycles. The summed E-state index contributed by atoms with van der Waals surface area (Å²) in [5.41, 5.74) is 0. The van der Waals surface area contributed by atoms with Crippen molar-refractivity contribution in [2.75, 3.05) is 6.61 Å². The van der Waals surface area contributed by atoms with Gasteiger partial charge in [-0.2, -0.15) is 0 Å². The number of hydrogen-bond donors (Lipinski definition) is 0. The first kappa shape index (κ1) is 5.30. The molecule has 0 spiro atoms. The highest BCUT2D eigenvalue weighted by Crippen LogP contribution is 2.35. The van der Waals surface area contributed by atoms with Crippen LogP contribution in [-0.2, 0) is 9.47 Å². The van der Waals surface area contributed by atoms with Crippen molar-refractivity contribution in [2.24, 2.45) is 5.92 Å². The van der Waals surface area contributed by atoms with Crippen LogP contribution < -0.4 is 0 Å². The first-order valence-electron chi connectivity index (χ1n) is 3.32. The fourth-order valence-corrected chi connectivity index (χ4v) is 1.44. The van der Waals surface area contributed by atoms with Crippen LogP contribution in [0.3, 0.4) is 0 Å². The van der Waals surface area contributed by atoms with E-state index < -0.39 is 0 Å². The van der Waals surface area contributed by atoms with E-state index in [1.807, 2.05) is 0 Å². The number of hydrogen-bond acceptors (Lipinski definition) is 2. The van der Waals surface area contributed by atoms with E-state index in [0.29, 0.717) is 5.92 Å². The molecule has 0 aromatic heterocycles. The molecule has 9 heavy (non-hydrogen) atoms. The Labute approximate surface area is 54.5 Å². The van der Waals surface area contributed by atoms with Crippen molar-refractivity contribution < 1.29 is 9.47 Å². The third kappa shape index (κ3) is 0.741. The monoisotopic (exact) mass is 126 g/mol. The minimum Gasteiger partial charge on any atom is -0.470 e. The van der Waals surface area contributed by atoms with Gasteiger partial charge < -0.3 is 9.47 Å². The van der Waals surface area contributed by atoms with Gasteiger partial charge in [-0.15, -0.1) is 0 Å². The van der Waals surface area contributed by atoms with Gasteiger partial charge >= 0.3 is 0 Å². The lowest BCUT2D eigenvalue weighted by atomic mass is 10.1. The molecule has 0 amide bonds. The molecule has 2 nitrogen and oxygen atoms in total. The van der Waals surface area contributed by atoms with Gasteiger partial charge in [-0.25, -0.2) is 0 Å². The lowest BCUT2D eigenvalue weighted by Gasteiger charge is -2.05. The van der Waals surface area contributed by atoms with Gasteiger partial charge in [0.2, 0.25) is 6.29 Å². The molecule has 0 N–H and O–H groups in total. The Kier molecular flexibility index (Phi) is 1.02. The molecule has 2 atom stereocenters. The van der Waals surface area contributed by atoms with E-state index in [9.17, 15) is 0 Å². The second-order valence-corrected chi connectivity index (χ2v) is 2.65. The SMILES string of the molecule is C=C1C[C@H]2CCO[C@H]2O1. The molecule has 0 radical (unpaired) electrons. The van der Waals surface area contributed by atoms with Crippen molar-refractivity contribution in [3.8, 4) is 0 Å². The summed E-state index contributed by atoms with van der Waals surface area (Å²) < 4.78 is 10.5. The summed E-state index contributed by atoms with van der Waals surface area (Å²) in [7, 11) is 0. The van der Waals surface area contributed by atoms with Crippen molar-refractivity contribution >= 4 is 0 Å². The van der Waals surface area contributed by atoms with Gasteiger partial charge in [-0.1, -0.05) is 6.58 Å². The Morgan fingerprint density at radius 3 is 3.22 bits per heavy atom. The highest BCUT2D eigenvalue weighted by Gasteiger charge is 2.36.